The quantitative estimate of drug-likeness (QED) is 0.549. The van der Waals surface area contributed by atoms with E-state index < -0.39 is 22.5 Å². The Labute approximate surface area is 194 Å². The van der Waals surface area contributed by atoms with Crippen LogP contribution in [0.4, 0.5) is 11.4 Å². The van der Waals surface area contributed by atoms with Crippen LogP contribution in [0.15, 0.2) is 71.6 Å². The highest BCUT2D eigenvalue weighted by molar-refractivity contribution is 7.89. The molecule has 2 N–H and O–H groups in total. The van der Waals surface area contributed by atoms with Crippen LogP contribution in [0.25, 0.3) is 0 Å². The monoisotopic (exact) mass is 465 g/mol. The van der Waals surface area contributed by atoms with Crippen molar-refractivity contribution < 1.29 is 18.0 Å². The fraction of sp³-hybridized carbons (Fsp3) is 0.200. The van der Waals surface area contributed by atoms with Gasteiger partial charge < -0.3 is 10.6 Å². The highest BCUT2D eigenvalue weighted by atomic mass is 32.2. The zero-order valence-corrected chi connectivity index (χ0v) is 19.9. The number of amides is 2. The largest absolute Gasteiger partial charge is 0.324 e. The van der Waals surface area contributed by atoms with Gasteiger partial charge in [0, 0.05) is 12.7 Å². The maximum Gasteiger partial charge on any atom is 0.257 e. The molecule has 0 spiro atoms. The third kappa shape index (κ3) is 5.85. The molecule has 0 atom stereocenters. The predicted octanol–water partition coefficient (Wildman–Crippen LogP) is 4.12. The van der Waals surface area contributed by atoms with Crippen LogP contribution in [0.5, 0.6) is 0 Å². The summed E-state index contributed by atoms with van der Waals surface area (Å²) in [5.74, 6) is -0.937. The van der Waals surface area contributed by atoms with Gasteiger partial charge in [0.2, 0.25) is 15.9 Å². The first kappa shape index (κ1) is 24.2. The van der Waals surface area contributed by atoms with Gasteiger partial charge in [-0.1, -0.05) is 30.3 Å². The van der Waals surface area contributed by atoms with Crippen molar-refractivity contribution in [2.45, 2.75) is 25.7 Å². The van der Waals surface area contributed by atoms with E-state index in [4.69, 9.17) is 0 Å². The number of benzene rings is 3. The maximum absolute atomic E-state index is 12.9. The van der Waals surface area contributed by atoms with Crippen LogP contribution in [-0.4, -0.2) is 38.1 Å². The molecule has 3 aromatic carbocycles. The van der Waals surface area contributed by atoms with E-state index in [0.717, 1.165) is 21.0 Å². The third-order valence-electron chi connectivity index (χ3n) is 5.27. The zero-order valence-electron chi connectivity index (χ0n) is 19.0. The average molecular weight is 466 g/mol. The lowest BCUT2D eigenvalue weighted by molar-refractivity contribution is -0.116. The summed E-state index contributed by atoms with van der Waals surface area (Å²) in [5, 5.41) is 5.47. The molecule has 172 valence electrons. The van der Waals surface area contributed by atoms with Crippen molar-refractivity contribution in [1.29, 1.82) is 0 Å². The van der Waals surface area contributed by atoms with Crippen molar-refractivity contribution in [1.82, 2.24) is 4.31 Å². The van der Waals surface area contributed by atoms with Gasteiger partial charge in [0.05, 0.1) is 22.7 Å². The SMILES string of the molecule is Cc1cccc(NC(=O)c2ccccc2NC(=O)CN(C)S(=O)(=O)c2ccc(C)c(C)c2)c1. The van der Waals surface area contributed by atoms with E-state index in [1.165, 1.54) is 13.1 Å². The number of nitrogens with one attached hydrogen (secondary N) is 2. The van der Waals surface area contributed by atoms with Gasteiger partial charge in [-0.15, -0.1) is 0 Å². The molecular formula is C25H27N3O4S. The normalized spacial score (nSPS) is 11.3. The summed E-state index contributed by atoms with van der Waals surface area (Å²) in [6, 6.07) is 18.8. The average Bonchev–Trinajstić information content (AvgIpc) is 2.75. The summed E-state index contributed by atoms with van der Waals surface area (Å²) in [7, 11) is -2.50. The van der Waals surface area contributed by atoms with Crippen LogP contribution in [0, 0.1) is 20.8 Å². The van der Waals surface area contributed by atoms with E-state index in [-0.39, 0.29) is 16.4 Å². The van der Waals surface area contributed by atoms with Gasteiger partial charge in [0.25, 0.3) is 5.91 Å². The summed E-state index contributed by atoms with van der Waals surface area (Å²) >= 11 is 0. The van der Waals surface area contributed by atoms with Gasteiger partial charge in [-0.2, -0.15) is 4.31 Å². The molecule has 3 rings (SSSR count). The molecule has 0 bridgehead atoms. The second kappa shape index (κ2) is 9.97. The molecule has 3 aromatic rings. The zero-order chi connectivity index (χ0) is 24.2. The second-order valence-corrected chi connectivity index (χ2v) is 9.97. The topological polar surface area (TPSA) is 95.6 Å². The van der Waals surface area contributed by atoms with Gasteiger partial charge in [-0.25, -0.2) is 8.42 Å². The van der Waals surface area contributed by atoms with E-state index in [1.807, 2.05) is 39.0 Å². The highest BCUT2D eigenvalue weighted by Gasteiger charge is 2.24. The fourth-order valence-corrected chi connectivity index (χ4v) is 4.46. The van der Waals surface area contributed by atoms with E-state index in [1.54, 1.807) is 42.5 Å². The summed E-state index contributed by atoms with van der Waals surface area (Å²) in [4.78, 5) is 25.6. The van der Waals surface area contributed by atoms with E-state index in [2.05, 4.69) is 10.6 Å². The first-order valence-electron chi connectivity index (χ1n) is 10.4. The Bertz CT molecular complexity index is 1300. The number of hydrogen-bond donors (Lipinski definition) is 2. The maximum atomic E-state index is 12.9. The number of carbonyl (C=O) groups is 2. The number of carbonyl (C=O) groups excluding carboxylic acids is 2. The minimum atomic E-state index is -3.84. The number of sulfonamides is 1. The Morgan fingerprint density at radius 1 is 0.848 bits per heavy atom. The minimum Gasteiger partial charge on any atom is -0.324 e. The summed E-state index contributed by atoms with van der Waals surface area (Å²) in [6.45, 7) is 5.25. The molecule has 0 aliphatic carbocycles. The van der Waals surface area contributed by atoms with Crippen LogP contribution in [-0.2, 0) is 14.8 Å². The molecule has 0 heterocycles. The van der Waals surface area contributed by atoms with Gasteiger partial charge in [-0.3, -0.25) is 9.59 Å². The number of likely N-dealkylation sites (N-methyl/N-ethyl adjacent to an activating group) is 1. The van der Waals surface area contributed by atoms with Crippen LogP contribution < -0.4 is 10.6 Å². The van der Waals surface area contributed by atoms with Gasteiger partial charge in [0.15, 0.2) is 0 Å². The number of rotatable bonds is 7. The Morgan fingerprint density at radius 2 is 1.58 bits per heavy atom. The summed E-state index contributed by atoms with van der Waals surface area (Å²) < 4.78 is 26.7. The molecule has 0 aliphatic rings. The first-order chi connectivity index (χ1) is 15.6. The van der Waals surface area contributed by atoms with Crippen molar-refractivity contribution in [2.24, 2.45) is 0 Å². The Hall–Kier alpha value is -3.49. The van der Waals surface area contributed by atoms with Crippen molar-refractivity contribution in [2.75, 3.05) is 24.2 Å². The molecule has 0 unspecified atom stereocenters. The molecule has 0 aliphatic heterocycles. The van der Waals surface area contributed by atoms with Crippen LogP contribution >= 0.6 is 0 Å². The molecule has 0 saturated carbocycles. The number of aryl methyl sites for hydroxylation is 3. The van der Waals surface area contributed by atoms with Gasteiger partial charge in [0.1, 0.15) is 0 Å². The van der Waals surface area contributed by atoms with Crippen LogP contribution in [0.3, 0.4) is 0 Å². The molecular weight excluding hydrogens is 438 g/mol. The smallest absolute Gasteiger partial charge is 0.257 e. The number of anilines is 2. The van der Waals surface area contributed by atoms with E-state index >= 15 is 0 Å². The summed E-state index contributed by atoms with van der Waals surface area (Å²) in [5.41, 5.74) is 4.04. The highest BCUT2D eigenvalue weighted by Crippen LogP contribution is 2.20. The van der Waals surface area contributed by atoms with Gasteiger partial charge in [-0.05, 0) is 73.9 Å². The first-order valence-corrected chi connectivity index (χ1v) is 11.8. The Kier molecular flexibility index (Phi) is 7.30. The lowest BCUT2D eigenvalue weighted by Crippen LogP contribution is -2.35. The lowest BCUT2D eigenvalue weighted by Gasteiger charge is -2.18. The van der Waals surface area contributed by atoms with Crippen molar-refractivity contribution in [3.63, 3.8) is 0 Å². The minimum absolute atomic E-state index is 0.124. The lowest BCUT2D eigenvalue weighted by atomic mass is 10.1. The predicted molar refractivity (Wildman–Crippen MR) is 130 cm³/mol. The fourth-order valence-electron chi connectivity index (χ4n) is 3.24. The Balaban J connectivity index is 1.73. The standard InChI is InChI=1S/C25H27N3O4S/c1-17-8-7-9-20(14-17)26-25(30)22-10-5-6-11-23(22)27-24(29)16-28(4)33(31,32)21-13-12-18(2)19(3)15-21/h5-15H,16H2,1-4H3,(H,26,30)(H,27,29). The van der Waals surface area contributed by atoms with E-state index in [0.29, 0.717) is 11.4 Å². The van der Waals surface area contributed by atoms with E-state index in [9.17, 15) is 18.0 Å². The molecule has 0 fully saturated rings. The molecule has 8 heteroatoms. The Morgan fingerprint density at radius 3 is 2.27 bits per heavy atom. The third-order valence-corrected chi connectivity index (χ3v) is 7.07. The molecule has 2 amide bonds. The molecule has 0 aromatic heterocycles. The summed E-state index contributed by atoms with van der Waals surface area (Å²) in [6.07, 6.45) is 0. The number of nitrogens with zero attached hydrogens (tertiary/aromatic N) is 1. The van der Waals surface area contributed by atoms with Gasteiger partial charge >= 0.3 is 0 Å². The molecule has 7 nitrogen and oxygen atoms in total. The number of hydrogen-bond acceptors (Lipinski definition) is 4. The molecule has 0 radical (unpaired) electrons. The second-order valence-electron chi connectivity index (χ2n) is 7.92. The van der Waals surface area contributed by atoms with Crippen LogP contribution in [0.2, 0.25) is 0 Å². The molecule has 33 heavy (non-hydrogen) atoms. The van der Waals surface area contributed by atoms with Crippen molar-refractivity contribution in [3.05, 3.63) is 89.0 Å². The van der Waals surface area contributed by atoms with Crippen molar-refractivity contribution in [3.8, 4) is 0 Å². The number of para-hydroxylation sites is 1. The molecule has 0 saturated heterocycles. The van der Waals surface area contributed by atoms with Crippen LogP contribution in [0.1, 0.15) is 27.0 Å². The van der Waals surface area contributed by atoms with Crippen molar-refractivity contribution >= 4 is 33.2 Å².